The molecule has 4 nitrogen and oxygen atoms in total. The van der Waals surface area contributed by atoms with Gasteiger partial charge in [0.15, 0.2) is 0 Å². The minimum Gasteiger partial charge on any atom is -0.248 e. The van der Waals surface area contributed by atoms with E-state index in [2.05, 4.69) is 21.3 Å². The van der Waals surface area contributed by atoms with Crippen molar-refractivity contribution in [3.63, 3.8) is 0 Å². The molecule has 0 radical (unpaired) electrons. The molecule has 0 spiro atoms. The molecule has 2 heterocycles. The molecule has 4 aromatic rings. The molecule has 27 heavy (non-hydrogen) atoms. The summed E-state index contributed by atoms with van der Waals surface area (Å²) in [6.07, 6.45) is 1.63. The van der Waals surface area contributed by atoms with Gasteiger partial charge in [0.05, 0.1) is 34.9 Å². The van der Waals surface area contributed by atoms with E-state index < -0.39 is 5.82 Å². The molecule has 0 amide bonds. The summed E-state index contributed by atoms with van der Waals surface area (Å²) in [4.78, 5) is 4.61. The Hall–Kier alpha value is -3.91. The van der Waals surface area contributed by atoms with Crippen molar-refractivity contribution >= 4 is 0 Å². The van der Waals surface area contributed by atoms with E-state index in [0.29, 0.717) is 22.5 Å². The Labute approximate surface area is 155 Å². The first-order valence-corrected chi connectivity index (χ1v) is 8.30. The molecule has 0 aliphatic heterocycles. The predicted octanol–water partition coefficient (Wildman–Crippen LogP) is 4.88. The maximum absolute atomic E-state index is 13.7. The summed E-state index contributed by atoms with van der Waals surface area (Å²) < 4.78 is 13.7. The lowest BCUT2D eigenvalue weighted by molar-refractivity contribution is 0.628. The molecule has 0 aliphatic rings. The van der Waals surface area contributed by atoms with Crippen LogP contribution in [0.3, 0.4) is 0 Å². The minimum absolute atomic E-state index is 0.374. The highest BCUT2D eigenvalue weighted by molar-refractivity contribution is 5.72. The zero-order chi connectivity index (χ0) is 18.6. The third kappa shape index (κ3) is 3.42. The molecule has 0 fully saturated rings. The molecule has 0 N–H and O–H groups in total. The summed E-state index contributed by atoms with van der Waals surface area (Å²) in [5, 5.41) is 17.6. The number of benzene rings is 2. The van der Waals surface area contributed by atoms with Gasteiger partial charge in [0.2, 0.25) is 0 Å². The molecule has 4 rings (SSSR count). The van der Waals surface area contributed by atoms with Crippen LogP contribution in [-0.2, 0) is 0 Å². The van der Waals surface area contributed by atoms with Gasteiger partial charge >= 0.3 is 0 Å². The first-order chi connectivity index (χ1) is 13.2. The van der Waals surface area contributed by atoms with E-state index >= 15 is 0 Å². The van der Waals surface area contributed by atoms with Crippen molar-refractivity contribution in [3.05, 3.63) is 90.4 Å². The highest BCUT2D eigenvalue weighted by Crippen LogP contribution is 2.27. The summed E-state index contributed by atoms with van der Waals surface area (Å²) in [6.45, 7) is 0. The minimum atomic E-state index is -0.409. The predicted molar refractivity (Wildman–Crippen MR) is 101 cm³/mol. The normalized spacial score (nSPS) is 10.4. The summed E-state index contributed by atoms with van der Waals surface area (Å²) in [5.74, 6) is -0.409. The molecule has 0 unspecified atom stereocenters. The number of pyridine rings is 1. The summed E-state index contributed by atoms with van der Waals surface area (Å²) in [5.41, 5.74) is 4.53. The SMILES string of the molecule is N#Cc1ccc(F)cc1-c1cccc(-c2cnnc(-c3ccccc3)c2)n1. The molecule has 0 bridgehead atoms. The molecule has 2 aromatic heterocycles. The maximum Gasteiger partial charge on any atom is 0.123 e. The maximum atomic E-state index is 13.7. The van der Waals surface area contributed by atoms with Crippen LogP contribution in [0.15, 0.2) is 79.0 Å². The van der Waals surface area contributed by atoms with Crippen LogP contribution in [0.2, 0.25) is 0 Å². The molecule has 0 aliphatic carbocycles. The highest BCUT2D eigenvalue weighted by Gasteiger charge is 2.10. The number of hydrogen-bond donors (Lipinski definition) is 0. The number of nitriles is 1. The van der Waals surface area contributed by atoms with Crippen molar-refractivity contribution in [1.82, 2.24) is 15.2 Å². The van der Waals surface area contributed by atoms with E-state index in [0.717, 1.165) is 16.8 Å². The van der Waals surface area contributed by atoms with Crippen LogP contribution in [0.25, 0.3) is 33.8 Å². The molecule has 2 aromatic carbocycles. The van der Waals surface area contributed by atoms with Gasteiger partial charge in [-0.15, -0.1) is 0 Å². The lowest BCUT2D eigenvalue weighted by Crippen LogP contribution is -1.94. The second-order valence-corrected chi connectivity index (χ2v) is 5.91. The molecule has 0 saturated carbocycles. The Kier molecular flexibility index (Phi) is 4.38. The van der Waals surface area contributed by atoms with Crippen molar-refractivity contribution in [2.45, 2.75) is 0 Å². The summed E-state index contributed by atoms with van der Waals surface area (Å²) in [7, 11) is 0. The third-order valence-corrected chi connectivity index (χ3v) is 4.15. The van der Waals surface area contributed by atoms with E-state index in [1.54, 1.807) is 12.3 Å². The van der Waals surface area contributed by atoms with Crippen LogP contribution in [0.4, 0.5) is 4.39 Å². The number of hydrogen-bond acceptors (Lipinski definition) is 4. The Bertz CT molecular complexity index is 1150. The first-order valence-electron chi connectivity index (χ1n) is 8.30. The molecule has 128 valence electrons. The number of halogens is 1. The largest absolute Gasteiger partial charge is 0.248 e. The first kappa shape index (κ1) is 16.6. The van der Waals surface area contributed by atoms with Gasteiger partial charge < -0.3 is 0 Å². The van der Waals surface area contributed by atoms with Crippen molar-refractivity contribution < 1.29 is 4.39 Å². The van der Waals surface area contributed by atoms with Crippen LogP contribution in [0.5, 0.6) is 0 Å². The Morgan fingerprint density at radius 3 is 2.41 bits per heavy atom. The second-order valence-electron chi connectivity index (χ2n) is 5.91. The number of rotatable bonds is 3. The lowest BCUT2D eigenvalue weighted by Gasteiger charge is -2.07. The third-order valence-electron chi connectivity index (χ3n) is 4.15. The van der Waals surface area contributed by atoms with Crippen molar-refractivity contribution in [3.8, 4) is 39.8 Å². The van der Waals surface area contributed by atoms with Gasteiger partial charge in [-0.2, -0.15) is 15.5 Å². The zero-order valence-corrected chi connectivity index (χ0v) is 14.2. The Morgan fingerprint density at radius 2 is 1.59 bits per heavy atom. The van der Waals surface area contributed by atoms with E-state index in [4.69, 9.17) is 0 Å². The van der Waals surface area contributed by atoms with Crippen molar-refractivity contribution in [2.24, 2.45) is 0 Å². The standard InChI is InChI=1S/C22H13FN4/c23-18-10-9-16(13-24)19(12-18)21-8-4-7-20(26-21)17-11-22(27-25-14-17)15-5-2-1-3-6-15/h1-12,14H. The fourth-order valence-corrected chi connectivity index (χ4v) is 2.83. The quantitative estimate of drug-likeness (QED) is 0.527. The monoisotopic (exact) mass is 352 g/mol. The molecular weight excluding hydrogens is 339 g/mol. The molecule has 0 atom stereocenters. The molecule has 5 heteroatoms. The molecular formula is C22H13FN4. The fourth-order valence-electron chi connectivity index (χ4n) is 2.83. The van der Waals surface area contributed by atoms with Gasteiger partial charge in [-0.25, -0.2) is 9.37 Å². The van der Waals surface area contributed by atoms with Crippen LogP contribution in [0.1, 0.15) is 5.56 Å². The lowest BCUT2D eigenvalue weighted by atomic mass is 10.0. The van der Waals surface area contributed by atoms with Crippen LogP contribution in [0, 0.1) is 17.1 Å². The van der Waals surface area contributed by atoms with E-state index in [1.807, 2.05) is 48.5 Å². The second kappa shape index (κ2) is 7.14. The van der Waals surface area contributed by atoms with Gasteiger partial charge in [-0.1, -0.05) is 36.4 Å². The van der Waals surface area contributed by atoms with Crippen LogP contribution >= 0.6 is 0 Å². The van der Waals surface area contributed by atoms with E-state index in [-0.39, 0.29) is 0 Å². The van der Waals surface area contributed by atoms with Crippen molar-refractivity contribution in [2.75, 3.05) is 0 Å². The van der Waals surface area contributed by atoms with Gasteiger partial charge in [-0.3, -0.25) is 0 Å². The van der Waals surface area contributed by atoms with Crippen LogP contribution in [-0.4, -0.2) is 15.2 Å². The summed E-state index contributed by atoms with van der Waals surface area (Å²) in [6, 6.07) is 23.2. The Morgan fingerprint density at radius 1 is 0.778 bits per heavy atom. The van der Waals surface area contributed by atoms with Gasteiger partial charge in [-0.05, 0) is 36.4 Å². The number of nitrogens with zero attached hydrogens (tertiary/aromatic N) is 4. The highest BCUT2D eigenvalue weighted by atomic mass is 19.1. The smallest absolute Gasteiger partial charge is 0.123 e. The fraction of sp³-hybridized carbons (Fsp3) is 0. The zero-order valence-electron chi connectivity index (χ0n) is 14.2. The van der Waals surface area contributed by atoms with Crippen molar-refractivity contribution in [1.29, 1.82) is 5.26 Å². The van der Waals surface area contributed by atoms with Gasteiger partial charge in [0.25, 0.3) is 0 Å². The van der Waals surface area contributed by atoms with E-state index in [1.165, 1.54) is 18.2 Å². The number of aromatic nitrogens is 3. The van der Waals surface area contributed by atoms with E-state index in [9.17, 15) is 9.65 Å². The van der Waals surface area contributed by atoms with Gasteiger partial charge in [0, 0.05) is 16.7 Å². The summed E-state index contributed by atoms with van der Waals surface area (Å²) >= 11 is 0. The molecule has 0 saturated heterocycles. The Balaban J connectivity index is 1.79. The van der Waals surface area contributed by atoms with Crippen LogP contribution < -0.4 is 0 Å². The average Bonchev–Trinajstić information content (AvgIpc) is 2.74. The average molecular weight is 352 g/mol. The van der Waals surface area contributed by atoms with Gasteiger partial charge in [0.1, 0.15) is 5.82 Å². The topological polar surface area (TPSA) is 62.5 Å².